The van der Waals surface area contributed by atoms with Crippen molar-refractivity contribution in [1.82, 2.24) is 14.9 Å². The first-order chi connectivity index (χ1) is 16.5. The summed E-state index contributed by atoms with van der Waals surface area (Å²) in [6.45, 7) is 4.05. The summed E-state index contributed by atoms with van der Waals surface area (Å²) >= 11 is 9.48. The van der Waals surface area contributed by atoms with Crippen LogP contribution in [0.5, 0.6) is 5.75 Å². The van der Waals surface area contributed by atoms with Crippen molar-refractivity contribution in [3.63, 3.8) is 0 Å². The van der Waals surface area contributed by atoms with Gasteiger partial charge in [-0.05, 0) is 92.8 Å². The third-order valence-electron chi connectivity index (χ3n) is 5.75. The number of thiocarbonyl (C=S) groups is 1. The Morgan fingerprint density at radius 1 is 0.971 bits per heavy atom. The van der Waals surface area contributed by atoms with Crippen LogP contribution in [0.15, 0.2) is 95.7 Å². The fourth-order valence-corrected chi connectivity index (χ4v) is 5.12. The third-order valence-corrected chi connectivity index (χ3v) is 6.56. The number of ether oxygens (including phenoxy) is 1. The van der Waals surface area contributed by atoms with Crippen LogP contribution in [0.2, 0.25) is 0 Å². The van der Waals surface area contributed by atoms with Crippen molar-refractivity contribution in [3.8, 4) is 11.4 Å². The van der Waals surface area contributed by atoms with Crippen LogP contribution >= 0.6 is 28.1 Å². The van der Waals surface area contributed by atoms with Gasteiger partial charge in [-0.1, -0.05) is 28.1 Å². The zero-order valence-corrected chi connectivity index (χ0v) is 21.3. The molecule has 0 bridgehead atoms. The van der Waals surface area contributed by atoms with E-state index in [1.165, 1.54) is 0 Å². The standard InChI is InChI=1S/C27H25BrN4OS/c1-18(2)33-22-13-11-20(12-14-22)32-26(25(30-27(32)34)23-9-3-4-15-29-23)24-10-6-16-31(24)21-8-5-7-19(28)17-21/h3-18,25-26H,1-2H3,(H,30,34)/t25-,26+/m1/s1. The van der Waals surface area contributed by atoms with Crippen LogP contribution in [-0.4, -0.2) is 20.8 Å². The molecule has 0 radical (unpaired) electrons. The van der Waals surface area contributed by atoms with Crippen LogP contribution in [0.4, 0.5) is 5.69 Å². The predicted octanol–water partition coefficient (Wildman–Crippen LogP) is 6.60. The predicted molar refractivity (Wildman–Crippen MR) is 144 cm³/mol. The van der Waals surface area contributed by atoms with Gasteiger partial charge < -0.3 is 19.5 Å². The van der Waals surface area contributed by atoms with Crippen molar-refractivity contribution in [2.45, 2.75) is 32.0 Å². The molecule has 1 aliphatic heterocycles. The van der Waals surface area contributed by atoms with E-state index in [2.05, 4.69) is 78.3 Å². The summed E-state index contributed by atoms with van der Waals surface area (Å²) in [5, 5.41) is 4.20. The molecule has 0 unspecified atom stereocenters. The van der Waals surface area contributed by atoms with Gasteiger partial charge in [0.05, 0.1) is 17.8 Å². The molecule has 2 atom stereocenters. The molecular formula is C27H25BrN4OS. The lowest BCUT2D eigenvalue weighted by Gasteiger charge is -2.29. The number of nitrogens with zero attached hydrogens (tertiary/aromatic N) is 3. The quantitative estimate of drug-likeness (QED) is 0.283. The van der Waals surface area contributed by atoms with Gasteiger partial charge in [0.25, 0.3) is 0 Å². The number of halogens is 1. The molecule has 2 aromatic heterocycles. The van der Waals surface area contributed by atoms with Crippen molar-refractivity contribution in [2.75, 3.05) is 4.90 Å². The van der Waals surface area contributed by atoms with Crippen LogP contribution in [0.3, 0.4) is 0 Å². The van der Waals surface area contributed by atoms with Gasteiger partial charge in [-0.3, -0.25) is 4.98 Å². The number of rotatable bonds is 6. The first-order valence-electron chi connectivity index (χ1n) is 11.2. The maximum atomic E-state index is 5.87. The molecular weight excluding hydrogens is 508 g/mol. The second-order valence-corrected chi connectivity index (χ2v) is 9.74. The Balaban J connectivity index is 1.61. The van der Waals surface area contributed by atoms with Gasteiger partial charge in [-0.25, -0.2) is 0 Å². The monoisotopic (exact) mass is 532 g/mol. The molecule has 1 saturated heterocycles. The number of hydrogen-bond acceptors (Lipinski definition) is 3. The molecule has 5 rings (SSSR count). The van der Waals surface area contributed by atoms with E-state index in [1.807, 2.05) is 62.5 Å². The Kier molecular flexibility index (Phi) is 6.39. The molecule has 3 heterocycles. The van der Waals surface area contributed by atoms with Crippen LogP contribution < -0.4 is 15.0 Å². The van der Waals surface area contributed by atoms with Gasteiger partial charge in [-0.2, -0.15) is 0 Å². The summed E-state index contributed by atoms with van der Waals surface area (Å²) in [4.78, 5) is 6.84. The van der Waals surface area contributed by atoms with Crippen LogP contribution in [0, 0.1) is 0 Å². The highest BCUT2D eigenvalue weighted by Crippen LogP contribution is 2.42. The van der Waals surface area contributed by atoms with E-state index >= 15 is 0 Å². The SMILES string of the molecule is CC(C)Oc1ccc(N2C(=S)N[C@H](c3ccccn3)[C@@H]2c2cccn2-c2cccc(Br)c2)cc1. The number of pyridine rings is 1. The van der Waals surface area contributed by atoms with Crippen molar-refractivity contribution in [1.29, 1.82) is 0 Å². The van der Waals surface area contributed by atoms with Crippen molar-refractivity contribution < 1.29 is 4.74 Å². The molecule has 0 spiro atoms. The zero-order chi connectivity index (χ0) is 23.7. The molecule has 172 valence electrons. The normalized spacial score (nSPS) is 17.8. The fraction of sp³-hybridized carbons (Fsp3) is 0.185. The summed E-state index contributed by atoms with van der Waals surface area (Å²) in [6.07, 6.45) is 4.03. The molecule has 2 aromatic carbocycles. The van der Waals surface area contributed by atoms with Crippen LogP contribution in [0.25, 0.3) is 5.69 Å². The molecule has 5 nitrogen and oxygen atoms in total. The lowest BCUT2D eigenvalue weighted by Crippen LogP contribution is -2.30. The van der Waals surface area contributed by atoms with Gasteiger partial charge in [0, 0.05) is 33.9 Å². The first kappa shape index (κ1) is 22.6. The van der Waals surface area contributed by atoms with Crippen LogP contribution in [-0.2, 0) is 0 Å². The number of aromatic nitrogens is 2. The van der Waals surface area contributed by atoms with E-state index in [4.69, 9.17) is 17.0 Å². The Morgan fingerprint density at radius 2 is 1.79 bits per heavy atom. The van der Waals surface area contributed by atoms with Gasteiger partial charge in [0.1, 0.15) is 11.8 Å². The fourth-order valence-electron chi connectivity index (χ4n) is 4.39. The second-order valence-electron chi connectivity index (χ2n) is 8.44. The van der Waals surface area contributed by atoms with E-state index in [1.54, 1.807) is 0 Å². The summed E-state index contributed by atoms with van der Waals surface area (Å²) in [5.74, 6) is 0.840. The summed E-state index contributed by atoms with van der Waals surface area (Å²) in [7, 11) is 0. The highest BCUT2D eigenvalue weighted by atomic mass is 79.9. The second kappa shape index (κ2) is 9.60. The first-order valence-corrected chi connectivity index (χ1v) is 12.4. The zero-order valence-electron chi connectivity index (χ0n) is 18.9. The molecule has 1 fully saturated rings. The van der Waals surface area contributed by atoms with Gasteiger partial charge in [0.2, 0.25) is 0 Å². The number of nitrogens with one attached hydrogen (secondary N) is 1. The maximum absolute atomic E-state index is 5.87. The number of hydrogen-bond donors (Lipinski definition) is 1. The van der Waals surface area contributed by atoms with E-state index < -0.39 is 0 Å². The smallest absolute Gasteiger partial charge is 0.174 e. The summed E-state index contributed by atoms with van der Waals surface area (Å²) in [5.41, 5.74) is 4.13. The molecule has 0 amide bonds. The summed E-state index contributed by atoms with van der Waals surface area (Å²) in [6, 6.07) is 26.4. The minimum absolute atomic E-state index is 0.103. The van der Waals surface area contributed by atoms with Crippen LogP contribution in [0.1, 0.15) is 37.3 Å². The van der Waals surface area contributed by atoms with Gasteiger partial charge in [0.15, 0.2) is 5.11 Å². The average Bonchev–Trinajstić information content (AvgIpc) is 3.44. The highest BCUT2D eigenvalue weighted by molar-refractivity contribution is 9.10. The topological polar surface area (TPSA) is 42.3 Å². The largest absolute Gasteiger partial charge is 0.491 e. The van der Waals surface area contributed by atoms with Gasteiger partial charge in [-0.15, -0.1) is 0 Å². The number of anilines is 1. The molecule has 34 heavy (non-hydrogen) atoms. The third kappa shape index (κ3) is 4.45. The molecule has 0 aliphatic carbocycles. The number of benzene rings is 2. The molecule has 4 aromatic rings. The Morgan fingerprint density at radius 3 is 2.50 bits per heavy atom. The highest BCUT2D eigenvalue weighted by Gasteiger charge is 2.42. The molecule has 1 aliphatic rings. The molecule has 1 N–H and O–H groups in total. The molecule has 7 heteroatoms. The van der Waals surface area contributed by atoms with E-state index in [0.717, 1.165) is 33.0 Å². The van der Waals surface area contributed by atoms with E-state index in [-0.39, 0.29) is 18.2 Å². The summed E-state index contributed by atoms with van der Waals surface area (Å²) < 4.78 is 9.09. The maximum Gasteiger partial charge on any atom is 0.174 e. The lowest BCUT2D eigenvalue weighted by molar-refractivity contribution is 0.242. The van der Waals surface area contributed by atoms with E-state index in [9.17, 15) is 0 Å². The molecule has 0 saturated carbocycles. The van der Waals surface area contributed by atoms with Crippen molar-refractivity contribution in [2.24, 2.45) is 0 Å². The Bertz CT molecular complexity index is 1290. The minimum Gasteiger partial charge on any atom is -0.491 e. The van der Waals surface area contributed by atoms with E-state index in [0.29, 0.717) is 5.11 Å². The van der Waals surface area contributed by atoms with Crippen molar-refractivity contribution in [3.05, 3.63) is 107 Å². The minimum atomic E-state index is -0.110. The lowest BCUT2D eigenvalue weighted by atomic mass is 10.0. The van der Waals surface area contributed by atoms with Gasteiger partial charge >= 0.3 is 0 Å². The average molecular weight is 533 g/mol. The Labute approximate surface area is 213 Å². The Hall–Kier alpha value is -3.16. The van der Waals surface area contributed by atoms with Crippen molar-refractivity contribution >= 4 is 38.9 Å².